The molecule has 21 heavy (non-hydrogen) atoms. The maximum atomic E-state index is 11.8. The number of benzene rings is 1. The van der Waals surface area contributed by atoms with Gasteiger partial charge in [-0.1, -0.05) is 28.1 Å². The van der Waals surface area contributed by atoms with Crippen LogP contribution < -0.4 is 5.32 Å². The number of rotatable bonds is 2. The van der Waals surface area contributed by atoms with Crippen molar-refractivity contribution in [1.29, 1.82) is 0 Å². The molecule has 5 nitrogen and oxygen atoms in total. The number of halogens is 1. The van der Waals surface area contributed by atoms with Gasteiger partial charge < -0.3 is 4.74 Å². The van der Waals surface area contributed by atoms with E-state index < -0.39 is 11.7 Å². The largest absolute Gasteiger partial charge is 0.444 e. The normalized spacial score (nSPS) is 18.4. The summed E-state index contributed by atoms with van der Waals surface area (Å²) in [6, 6.07) is 7.60. The molecule has 2 rings (SSSR count). The molecule has 1 N–H and O–H groups in total. The number of amides is 1. The smallest absolute Gasteiger partial charge is 0.412 e. The van der Waals surface area contributed by atoms with Crippen molar-refractivity contribution in [1.82, 2.24) is 5.01 Å². The molecule has 0 bridgehead atoms. The molecule has 1 aromatic carbocycles. The topological polar surface area (TPSA) is 53.9 Å². The molecule has 0 fully saturated rings. The van der Waals surface area contributed by atoms with Gasteiger partial charge in [0.25, 0.3) is 0 Å². The Hall–Kier alpha value is -1.56. The van der Waals surface area contributed by atoms with Gasteiger partial charge in [-0.2, -0.15) is 5.10 Å². The van der Waals surface area contributed by atoms with Crippen LogP contribution in [0.25, 0.3) is 0 Å². The monoisotopic (exact) mass is 353 g/mol. The molecule has 114 valence electrons. The molecule has 1 amide bonds. The molecule has 0 spiro atoms. The van der Waals surface area contributed by atoms with Crippen LogP contribution in [0.3, 0.4) is 0 Å². The Morgan fingerprint density at radius 2 is 2.19 bits per heavy atom. The predicted molar refractivity (Wildman–Crippen MR) is 88.2 cm³/mol. The quantitative estimate of drug-likeness (QED) is 0.828. The van der Waals surface area contributed by atoms with Gasteiger partial charge in [-0.25, -0.2) is 4.79 Å². The Labute approximate surface area is 133 Å². The SMILES string of the molecule is CN1CC(Br)C(c2cccc(NC(=O)OC(C)(C)C)c2)=N1. The van der Waals surface area contributed by atoms with Crippen LogP contribution in [-0.4, -0.2) is 40.8 Å². The third kappa shape index (κ3) is 4.46. The second-order valence-electron chi connectivity index (χ2n) is 6.00. The summed E-state index contributed by atoms with van der Waals surface area (Å²) in [7, 11) is 1.93. The van der Waals surface area contributed by atoms with Gasteiger partial charge in [0.05, 0.1) is 17.1 Å². The molecule has 0 saturated heterocycles. The maximum Gasteiger partial charge on any atom is 0.412 e. The van der Waals surface area contributed by atoms with E-state index >= 15 is 0 Å². The molecule has 0 saturated carbocycles. The lowest BCUT2D eigenvalue weighted by atomic mass is 10.1. The number of alkyl halides is 1. The number of nitrogens with zero attached hydrogens (tertiary/aromatic N) is 2. The molecule has 1 atom stereocenters. The van der Waals surface area contributed by atoms with Gasteiger partial charge in [-0.15, -0.1) is 0 Å². The number of nitrogens with one attached hydrogen (secondary N) is 1. The standard InChI is InChI=1S/C15H20BrN3O2/c1-15(2,3)21-14(20)17-11-7-5-6-10(8-11)13-12(16)9-19(4)18-13/h5-8,12H,9H2,1-4H3,(H,17,20). The molecular weight excluding hydrogens is 334 g/mol. The van der Waals surface area contributed by atoms with E-state index in [2.05, 4.69) is 26.3 Å². The second kappa shape index (κ2) is 6.05. The summed E-state index contributed by atoms with van der Waals surface area (Å²) in [5.41, 5.74) is 2.12. The van der Waals surface area contributed by atoms with Gasteiger partial charge in [-0.3, -0.25) is 10.3 Å². The first-order valence-corrected chi connectivity index (χ1v) is 7.70. The van der Waals surface area contributed by atoms with Crippen LogP contribution in [0, 0.1) is 0 Å². The average Bonchev–Trinajstić information content (AvgIpc) is 2.66. The zero-order chi connectivity index (χ0) is 15.6. The number of carbonyl (C=O) groups excluding carboxylic acids is 1. The molecule has 0 radical (unpaired) electrons. The summed E-state index contributed by atoms with van der Waals surface area (Å²) in [4.78, 5) is 12.0. The predicted octanol–water partition coefficient (Wildman–Crippen LogP) is 3.45. The highest BCUT2D eigenvalue weighted by Gasteiger charge is 2.23. The van der Waals surface area contributed by atoms with Gasteiger partial charge in [0.1, 0.15) is 5.60 Å². The zero-order valence-corrected chi connectivity index (χ0v) is 14.3. The van der Waals surface area contributed by atoms with E-state index in [1.165, 1.54) is 0 Å². The Bertz CT molecular complexity index is 566. The average molecular weight is 354 g/mol. The van der Waals surface area contributed by atoms with Crippen LogP contribution in [0.15, 0.2) is 29.4 Å². The summed E-state index contributed by atoms with van der Waals surface area (Å²) in [6.45, 7) is 6.34. The van der Waals surface area contributed by atoms with Gasteiger partial charge >= 0.3 is 6.09 Å². The Morgan fingerprint density at radius 1 is 1.48 bits per heavy atom. The first kappa shape index (κ1) is 15.8. The summed E-state index contributed by atoms with van der Waals surface area (Å²) >= 11 is 3.61. The molecule has 1 aliphatic rings. The van der Waals surface area contributed by atoms with Crippen molar-refractivity contribution >= 4 is 33.4 Å². The minimum atomic E-state index is -0.513. The van der Waals surface area contributed by atoms with E-state index in [-0.39, 0.29) is 4.83 Å². The van der Waals surface area contributed by atoms with Crippen molar-refractivity contribution in [3.63, 3.8) is 0 Å². The van der Waals surface area contributed by atoms with Crippen LogP contribution in [0.1, 0.15) is 26.3 Å². The number of ether oxygens (including phenoxy) is 1. The van der Waals surface area contributed by atoms with Crippen molar-refractivity contribution in [2.45, 2.75) is 31.2 Å². The Kier molecular flexibility index (Phi) is 4.56. The van der Waals surface area contributed by atoms with Crippen LogP contribution in [-0.2, 0) is 4.74 Å². The molecule has 0 aromatic heterocycles. The fourth-order valence-electron chi connectivity index (χ4n) is 2.02. The number of anilines is 1. The lowest BCUT2D eigenvalue weighted by molar-refractivity contribution is 0.0636. The van der Waals surface area contributed by atoms with Crippen LogP contribution in [0.5, 0.6) is 0 Å². The van der Waals surface area contributed by atoms with Gasteiger partial charge in [0.2, 0.25) is 0 Å². The summed E-state index contributed by atoms with van der Waals surface area (Å²) in [6.07, 6.45) is -0.458. The summed E-state index contributed by atoms with van der Waals surface area (Å²) in [5, 5.41) is 9.11. The van der Waals surface area contributed by atoms with Crippen LogP contribution in [0.2, 0.25) is 0 Å². The maximum absolute atomic E-state index is 11.8. The van der Waals surface area contributed by atoms with Gasteiger partial charge in [-0.05, 0) is 32.9 Å². The third-order valence-corrected chi connectivity index (χ3v) is 3.53. The van der Waals surface area contributed by atoms with E-state index in [0.717, 1.165) is 17.8 Å². The Balaban J connectivity index is 2.12. The van der Waals surface area contributed by atoms with Crippen LogP contribution in [0.4, 0.5) is 10.5 Å². The van der Waals surface area contributed by atoms with Crippen molar-refractivity contribution in [2.24, 2.45) is 5.10 Å². The highest BCUT2D eigenvalue weighted by atomic mass is 79.9. The number of hydrogen-bond acceptors (Lipinski definition) is 4. The molecule has 1 unspecified atom stereocenters. The van der Waals surface area contributed by atoms with E-state index in [1.54, 1.807) is 0 Å². The lowest BCUT2D eigenvalue weighted by Crippen LogP contribution is -2.27. The van der Waals surface area contributed by atoms with Crippen LogP contribution >= 0.6 is 15.9 Å². The van der Waals surface area contributed by atoms with Gasteiger partial charge in [0, 0.05) is 18.3 Å². The van der Waals surface area contributed by atoms with Crippen molar-refractivity contribution < 1.29 is 9.53 Å². The fourth-order valence-corrected chi connectivity index (χ4v) is 2.80. The van der Waals surface area contributed by atoms with E-state index in [1.807, 2.05) is 57.1 Å². The molecule has 1 aromatic rings. The fraction of sp³-hybridized carbons (Fsp3) is 0.467. The number of hydrogen-bond donors (Lipinski definition) is 1. The lowest BCUT2D eigenvalue weighted by Gasteiger charge is -2.19. The molecule has 6 heteroatoms. The summed E-state index contributed by atoms with van der Waals surface area (Å²) < 4.78 is 5.25. The minimum absolute atomic E-state index is 0.194. The van der Waals surface area contributed by atoms with Crippen molar-refractivity contribution in [3.8, 4) is 0 Å². The van der Waals surface area contributed by atoms with Gasteiger partial charge in [0.15, 0.2) is 0 Å². The zero-order valence-electron chi connectivity index (χ0n) is 12.7. The molecule has 0 aliphatic carbocycles. The van der Waals surface area contributed by atoms with E-state index in [4.69, 9.17) is 4.74 Å². The molecule has 1 aliphatic heterocycles. The first-order valence-electron chi connectivity index (χ1n) is 6.79. The van der Waals surface area contributed by atoms with E-state index in [9.17, 15) is 4.79 Å². The minimum Gasteiger partial charge on any atom is -0.444 e. The first-order chi connectivity index (χ1) is 9.74. The molecular formula is C15H20BrN3O2. The molecule has 1 heterocycles. The van der Waals surface area contributed by atoms with E-state index in [0.29, 0.717) is 5.69 Å². The third-order valence-electron chi connectivity index (χ3n) is 2.80. The highest BCUT2D eigenvalue weighted by Crippen LogP contribution is 2.21. The van der Waals surface area contributed by atoms with Crippen molar-refractivity contribution in [2.75, 3.05) is 18.9 Å². The number of hydrazone groups is 1. The second-order valence-corrected chi connectivity index (χ2v) is 7.11. The summed E-state index contributed by atoms with van der Waals surface area (Å²) in [5.74, 6) is 0. The Morgan fingerprint density at radius 3 is 2.76 bits per heavy atom. The highest BCUT2D eigenvalue weighted by molar-refractivity contribution is 9.10. The number of carbonyl (C=O) groups is 1. The van der Waals surface area contributed by atoms with Crippen molar-refractivity contribution in [3.05, 3.63) is 29.8 Å².